The maximum atomic E-state index is 5.82. The average Bonchev–Trinajstić information content (AvgIpc) is 2.69. The maximum absolute atomic E-state index is 5.82. The highest BCUT2D eigenvalue weighted by Gasteiger charge is 2.10. The summed E-state index contributed by atoms with van der Waals surface area (Å²) in [6.45, 7) is 2.15. The molecule has 0 amide bonds. The van der Waals surface area contributed by atoms with Crippen LogP contribution in [0, 0.1) is 0 Å². The third-order valence-corrected chi connectivity index (χ3v) is 4.02. The molecular weight excluding hydrogens is 254 g/mol. The molecule has 0 saturated carbocycles. The maximum Gasteiger partial charge on any atom is 0.279 e. The highest BCUT2D eigenvalue weighted by Crippen LogP contribution is 2.31. The Hall–Kier alpha value is -1.87. The van der Waals surface area contributed by atoms with Crippen molar-refractivity contribution >= 4 is 17.4 Å². The largest absolute Gasteiger partial charge is 0.431 e. The molecule has 1 heterocycles. The SMILES string of the molecule is CCc1ccc(Oc2nc3c(s2)CC=CC=C3)cc1. The van der Waals surface area contributed by atoms with E-state index in [1.807, 2.05) is 24.3 Å². The number of rotatable bonds is 3. The predicted octanol–water partition coefficient (Wildman–Crippen LogP) is 4.62. The number of nitrogens with zero attached hydrogens (tertiary/aromatic N) is 1. The molecule has 0 bridgehead atoms. The molecule has 96 valence electrons. The minimum Gasteiger partial charge on any atom is -0.431 e. The van der Waals surface area contributed by atoms with E-state index in [1.54, 1.807) is 11.3 Å². The van der Waals surface area contributed by atoms with E-state index in [4.69, 9.17) is 4.74 Å². The summed E-state index contributed by atoms with van der Waals surface area (Å²) >= 11 is 1.62. The number of aromatic nitrogens is 1. The van der Waals surface area contributed by atoms with Gasteiger partial charge in [-0.3, -0.25) is 0 Å². The van der Waals surface area contributed by atoms with E-state index in [2.05, 4.69) is 36.2 Å². The highest BCUT2D eigenvalue weighted by molar-refractivity contribution is 7.13. The van der Waals surface area contributed by atoms with Crippen molar-refractivity contribution in [2.75, 3.05) is 0 Å². The smallest absolute Gasteiger partial charge is 0.279 e. The summed E-state index contributed by atoms with van der Waals surface area (Å²) < 4.78 is 5.82. The summed E-state index contributed by atoms with van der Waals surface area (Å²) in [6.07, 6.45) is 10.2. The van der Waals surface area contributed by atoms with Crippen molar-refractivity contribution in [2.45, 2.75) is 19.8 Å². The van der Waals surface area contributed by atoms with Crippen molar-refractivity contribution in [1.82, 2.24) is 4.98 Å². The first-order chi connectivity index (χ1) is 9.35. The van der Waals surface area contributed by atoms with Gasteiger partial charge in [0, 0.05) is 11.3 Å². The first-order valence-electron chi connectivity index (χ1n) is 6.45. The Balaban J connectivity index is 1.80. The van der Waals surface area contributed by atoms with Crippen molar-refractivity contribution in [2.24, 2.45) is 0 Å². The Morgan fingerprint density at radius 3 is 2.84 bits per heavy atom. The molecule has 2 nitrogen and oxygen atoms in total. The Labute approximate surface area is 117 Å². The lowest BCUT2D eigenvalue weighted by atomic mass is 10.2. The van der Waals surface area contributed by atoms with Crippen LogP contribution >= 0.6 is 11.3 Å². The zero-order valence-corrected chi connectivity index (χ0v) is 11.6. The quantitative estimate of drug-likeness (QED) is 0.811. The molecule has 1 aromatic carbocycles. The zero-order valence-electron chi connectivity index (χ0n) is 10.8. The summed E-state index contributed by atoms with van der Waals surface area (Å²) in [5, 5.41) is 0.717. The van der Waals surface area contributed by atoms with Crippen molar-refractivity contribution in [3.63, 3.8) is 0 Å². The lowest BCUT2D eigenvalue weighted by Crippen LogP contribution is -1.85. The second-order valence-corrected chi connectivity index (χ2v) is 5.43. The van der Waals surface area contributed by atoms with Crippen molar-refractivity contribution in [3.8, 4) is 10.9 Å². The topological polar surface area (TPSA) is 22.1 Å². The molecular formula is C16H15NOS. The molecule has 3 heteroatoms. The zero-order chi connectivity index (χ0) is 13.1. The number of fused-ring (bicyclic) bond motifs is 1. The van der Waals surface area contributed by atoms with Crippen LogP contribution in [0.15, 0.2) is 42.5 Å². The summed E-state index contributed by atoms with van der Waals surface area (Å²) in [6, 6.07) is 8.19. The predicted molar refractivity (Wildman–Crippen MR) is 79.9 cm³/mol. The number of allylic oxidation sites excluding steroid dienone is 3. The Kier molecular flexibility index (Phi) is 3.47. The first-order valence-corrected chi connectivity index (χ1v) is 7.26. The van der Waals surface area contributed by atoms with E-state index in [-0.39, 0.29) is 0 Å². The number of benzene rings is 1. The molecule has 1 aliphatic carbocycles. The van der Waals surface area contributed by atoms with Gasteiger partial charge in [0.15, 0.2) is 0 Å². The van der Waals surface area contributed by atoms with Crippen LogP contribution in [0.3, 0.4) is 0 Å². The summed E-state index contributed by atoms with van der Waals surface area (Å²) in [7, 11) is 0. The van der Waals surface area contributed by atoms with Crippen LogP contribution < -0.4 is 4.74 Å². The van der Waals surface area contributed by atoms with Gasteiger partial charge in [-0.2, -0.15) is 0 Å². The minimum absolute atomic E-state index is 0.717. The van der Waals surface area contributed by atoms with Gasteiger partial charge in [0.25, 0.3) is 5.19 Å². The van der Waals surface area contributed by atoms with Gasteiger partial charge in [0.05, 0.1) is 5.69 Å². The van der Waals surface area contributed by atoms with Gasteiger partial charge in [-0.15, -0.1) is 0 Å². The van der Waals surface area contributed by atoms with E-state index >= 15 is 0 Å². The van der Waals surface area contributed by atoms with Crippen LogP contribution in [0.1, 0.15) is 23.1 Å². The van der Waals surface area contributed by atoms with Crippen LogP contribution in [0.2, 0.25) is 0 Å². The number of ether oxygens (including phenoxy) is 1. The summed E-state index contributed by atoms with van der Waals surface area (Å²) in [5.74, 6) is 0.848. The fourth-order valence-corrected chi connectivity index (χ4v) is 2.85. The van der Waals surface area contributed by atoms with Crippen LogP contribution in [-0.2, 0) is 12.8 Å². The molecule has 0 spiro atoms. The molecule has 19 heavy (non-hydrogen) atoms. The minimum atomic E-state index is 0.717. The number of hydrogen-bond acceptors (Lipinski definition) is 3. The Morgan fingerprint density at radius 2 is 2.05 bits per heavy atom. The second kappa shape index (κ2) is 5.41. The van der Waals surface area contributed by atoms with E-state index in [9.17, 15) is 0 Å². The third-order valence-electron chi connectivity index (χ3n) is 3.05. The molecule has 0 fully saturated rings. The van der Waals surface area contributed by atoms with Crippen LogP contribution in [0.5, 0.6) is 10.9 Å². The average molecular weight is 269 g/mol. The van der Waals surface area contributed by atoms with E-state index in [0.29, 0.717) is 5.19 Å². The van der Waals surface area contributed by atoms with Gasteiger partial charge in [-0.25, -0.2) is 4.98 Å². The number of thiazole rings is 1. The molecule has 3 rings (SSSR count). The summed E-state index contributed by atoms with van der Waals surface area (Å²) in [4.78, 5) is 5.77. The number of hydrogen-bond donors (Lipinski definition) is 0. The van der Waals surface area contributed by atoms with Gasteiger partial charge in [-0.05, 0) is 30.2 Å². The van der Waals surface area contributed by atoms with Gasteiger partial charge in [-0.1, -0.05) is 48.6 Å². The fourth-order valence-electron chi connectivity index (χ4n) is 1.96. The molecule has 0 unspecified atom stereocenters. The van der Waals surface area contributed by atoms with Crippen LogP contribution in [0.25, 0.3) is 6.08 Å². The third kappa shape index (κ3) is 2.76. The molecule has 0 saturated heterocycles. The Morgan fingerprint density at radius 1 is 1.21 bits per heavy atom. The van der Waals surface area contributed by atoms with Gasteiger partial charge in [0.1, 0.15) is 5.75 Å². The number of aryl methyl sites for hydroxylation is 1. The van der Waals surface area contributed by atoms with Crippen LogP contribution in [-0.4, -0.2) is 4.98 Å². The van der Waals surface area contributed by atoms with Crippen LogP contribution in [0.4, 0.5) is 0 Å². The fraction of sp³-hybridized carbons (Fsp3) is 0.188. The van der Waals surface area contributed by atoms with Crippen molar-refractivity contribution < 1.29 is 4.74 Å². The van der Waals surface area contributed by atoms with Gasteiger partial charge >= 0.3 is 0 Å². The van der Waals surface area contributed by atoms with Gasteiger partial charge < -0.3 is 4.74 Å². The summed E-state index contributed by atoms with van der Waals surface area (Å²) in [5.41, 5.74) is 2.34. The van der Waals surface area contributed by atoms with Gasteiger partial charge in [0.2, 0.25) is 0 Å². The molecule has 0 atom stereocenters. The van der Waals surface area contributed by atoms with E-state index in [1.165, 1.54) is 10.4 Å². The van der Waals surface area contributed by atoms with E-state index in [0.717, 1.165) is 24.3 Å². The van der Waals surface area contributed by atoms with E-state index < -0.39 is 0 Å². The normalized spacial score (nSPS) is 13.1. The monoisotopic (exact) mass is 269 g/mol. The van der Waals surface area contributed by atoms with Crippen molar-refractivity contribution in [3.05, 3.63) is 58.6 Å². The lowest BCUT2D eigenvalue weighted by Gasteiger charge is -2.02. The molecule has 1 aromatic heterocycles. The lowest BCUT2D eigenvalue weighted by molar-refractivity contribution is 0.478. The molecule has 2 aromatic rings. The first kappa shape index (κ1) is 12.2. The molecule has 0 N–H and O–H groups in total. The standard InChI is InChI=1S/C16H15NOS/c1-2-12-8-10-13(11-9-12)18-16-17-14-6-4-3-5-7-15(14)19-16/h3-6,8-11H,2,7H2,1H3. The Bertz CT molecular complexity index is 623. The second-order valence-electron chi connectivity index (χ2n) is 4.38. The van der Waals surface area contributed by atoms with Crippen molar-refractivity contribution in [1.29, 1.82) is 0 Å². The molecule has 0 radical (unpaired) electrons. The molecule has 1 aliphatic rings. The molecule has 0 aliphatic heterocycles. The highest BCUT2D eigenvalue weighted by atomic mass is 32.1.